The third-order valence-electron chi connectivity index (χ3n) is 4.49. The zero-order chi connectivity index (χ0) is 13.7. The Kier molecular flexibility index (Phi) is 5.37. The van der Waals surface area contributed by atoms with E-state index in [2.05, 4.69) is 29.5 Å². The van der Waals surface area contributed by atoms with Crippen molar-refractivity contribution >= 4 is 11.3 Å². The molecule has 0 atom stereocenters. The van der Waals surface area contributed by atoms with Crippen molar-refractivity contribution in [2.75, 3.05) is 19.6 Å². The molecule has 0 radical (unpaired) electrons. The molecule has 108 valence electrons. The number of hydrogen-bond donors (Lipinski definition) is 2. The zero-order valence-electron chi connectivity index (χ0n) is 12.2. The average molecular weight is 281 g/mol. The highest BCUT2D eigenvalue weighted by Crippen LogP contribution is 2.37. The molecule has 1 aromatic heterocycles. The first kappa shape index (κ1) is 14.9. The molecule has 1 fully saturated rings. The lowest BCUT2D eigenvalue weighted by Gasteiger charge is -2.38. The number of hydrogen-bond acceptors (Lipinski definition) is 4. The lowest BCUT2D eigenvalue weighted by Crippen LogP contribution is -2.43. The van der Waals surface area contributed by atoms with E-state index in [1.807, 2.05) is 0 Å². The van der Waals surface area contributed by atoms with Crippen LogP contribution in [0.3, 0.4) is 0 Å². The van der Waals surface area contributed by atoms with Crippen molar-refractivity contribution in [1.29, 1.82) is 0 Å². The lowest BCUT2D eigenvalue weighted by atomic mass is 9.71. The van der Waals surface area contributed by atoms with Crippen LogP contribution in [0.2, 0.25) is 0 Å². The molecule has 2 rings (SSSR count). The second-order valence-electron chi connectivity index (χ2n) is 6.17. The summed E-state index contributed by atoms with van der Waals surface area (Å²) in [6.07, 6.45) is 6.27. The molecule has 0 aliphatic heterocycles. The first-order valence-electron chi connectivity index (χ1n) is 7.45. The largest absolute Gasteiger partial charge is 0.330 e. The van der Waals surface area contributed by atoms with Gasteiger partial charge in [-0.25, -0.2) is 4.98 Å². The Hall–Kier alpha value is -0.450. The van der Waals surface area contributed by atoms with Gasteiger partial charge in [-0.15, -0.1) is 11.3 Å². The van der Waals surface area contributed by atoms with Gasteiger partial charge in [-0.05, 0) is 37.6 Å². The van der Waals surface area contributed by atoms with E-state index in [-0.39, 0.29) is 0 Å². The molecule has 0 amide bonds. The van der Waals surface area contributed by atoms with E-state index in [0.29, 0.717) is 5.41 Å². The Labute approximate surface area is 121 Å². The first-order chi connectivity index (χ1) is 9.13. The molecule has 1 aromatic rings. The minimum atomic E-state index is 0.352. The molecule has 3 nitrogen and oxygen atoms in total. The van der Waals surface area contributed by atoms with Gasteiger partial charge < -0.3 is 11.1 Å². The Morgan fingerprint density at radius 3 is 2.79 bits per heavy atom. The summed E-state index contributed by atoms with van der Waals surface area (Å²) in [4.78, 5) is 4.50. The van der Waals surface area contributed by atoms with E-state index < -0.39 is 0 Å². The molecule has 19 heavy (non-hydrogen) atoms. The second kappa shape index (κ2) is 6.82. The van der Waals surface area contributed by atoms with Crippen molar-refractivity contribution < 1.29 is 0 Å². The van der Waals surface area contributed by atoms with Gasteiger partial charge in [0.15, 0.2) is 0 Å². The molecule has 1 saturated carbocycles. The second-order valence-corrected chi connectivity index (χ2v) is 7.23. The summed E-state index contributed by atoms with van der Waals surface area (Å²) in [5.74, 6) is 0.887. The number of thiazole rings is 1. The van der Waals surface area contributed by atoms with Gasteiger partial charge in [-0.1, -0.05) is 19.8 Å². The summed E-state index contributed by atoms with van der Waals surface area (Å²) in [6.45, 7) is 7.33. The molecule has 1 aliphatic rings. The smallest absolute Gasteiger partial charge is 0.0897 e. The molecule has 1 heterocycles. The molecule has 0 unspecified atom stereocenters. The minimum Gasteiger partial charge on any atom is -0.330 e. The SMILES string of the molecule is Cc1nc(CCNCC2(CN)CCC(C)CC2)cs1. The van der Waals surface area contributed by atoms with E-state index in [1.54, 1.807) is 11.3 Å². The molecule has 3 N–H and O–H groups in total. The van der Waals surface area contributed by atoms with Gasteiger partial charge in [0.2, 0.25) is 0 Å². The first-order valence-corrected chi connectivity index (χ1v) is 8.33. The van der Waals surface area contributed by atoms with Crippen LogP contribution in [0.15, 0.2) is 5.38 Å². The van der Waals surface area contributed by atoms with Crippen LogP contribution < -0.4 is 11.1 Å². The fourth-order valence-corrected chi connectivity index (χ4v) is 3.57. The fourth-order valence-electron chi connectivity index (χ4n) is 2.92. The molecule has 1 aliphatic carbocycles. The van der Waals surface area contributed by atoms with Crippen LogP contribution in [0.1, 0.15) is 43.3 Å². The number of nitrogens with one attached hydrogen (secondary N) is 1. The van der Waals surface area contributed by atoms with E-state index >= 15 is 0 Å². The maximum absolute atomic E-state index is 6.03. The van der Waals surface area contributed by atoms with Gasteiger partial charge in [0.05, 0.1) is 10.7 Å². The fraction of sp³-hybridized carbons (Fsp3) is 0.800. The van der Waals surface area contributed by atoms with E-state index in [1.165, 1.54) is 31.4 Å². The summed E-state index contributed by atoms with van der Waals surface area (Å²) in [7, 11) is 0. The molecule has 0 spiro atoms. The third-order valence-corrected chi connectivity index (χ3v) is 5.31. The van der Waals surface area contributed by atoms with Gasteiger partial charge in [0.1, 0.15) is 0 Å². The number of aromatic nitrogens is 1. The number of rotatable bonds is 6. The molecular weight excluding hydrogens is 254 g/mol. The molecule has 0 saturated heterocycles. The predicted molar refractivity (Wildman–Crippen MR) is 82.5 cm³/mol. The predicted octanol–water partition coefficient (Wildman–Crippen LogP) is 2.74. The van der Waals surface area contributed by atoms with Crippen molar-refractivity contribution in [3.8, 4) is 0 Å². The normalized spacial score (nSPS) is 27.6. The van der Waals surface area contributed by atoms with Gasteiger partial charge in [0, 0.05) is 24.9 Å². The quantitative estimate of drug-likeness (QED) is 0.788. The number of aryl methyl sites for hydroxylation is 1. The maximum atomic E-state index is 6.03. The summed E-state index contributed by atoms with van der Waals surface area (Å²) in [6, 6.07) is 0. The van der Waals surface area contributed by atoms with E-state index in [9.17, 15) is 0 Å². The standard InChI is InChI=1S/C15H27N3S/c1-12-3-6-15(10-16,7-4-12)11-17-8-5-14-9-19-13(2)18-14/h9,12,17H,3-8,10-11,16H2,1-2H3. The monoisotopic (exact) mass is 281 g/mol. The molecule has 0 aromatic carbocycles. The third kappa shape index (κ3) is 4.26. The van der Waals surface area contributed by atoms with Gasteiger partial charge in [0.25, 0.3) is 0 Å². The van der Waals surface area contributed by atoms with Crippen LogP contribution in [0.5, 0.6) is 0 Å². The summed E-state index contributed by atoms with van der Waals surface area (Å²) >= 11 is 1.74. The van der Waals surface area contributed by atoms with Gasteiger partial charge in [-0.3, -0.25) is 0 Å². The van der Waals surface area contributed by atoms with Gasteiger partial charge >= 0.3 is 0 Å². The summed E-state index contributed by atoms with van der Waals surface area (Å²) in [5.41, 5.74) is 7.60. The Bertz CT molecular complexity index is 380. The number of nitrogens with zero attached hydrogens (tertiary/aromatic N) is 1. The Balaban J connectivity index is 1.71. The van der Waals surface area contributed by atoms with Crippen LogP contribution in [-0.2, 0) is 6.42 Å². The van der Waals surface area contributed by atoms with Crippen LogP contribution in [0, 0.1) is 18.3 Å². The summed E-state index contributed by atoms with van der Waals surface area (Å²) in [5, 5.41) is 6.93. The van der Waals surface area contributed by atoms with Crippen molar-refractivity contribution in [2.24, 2.45) is 17.1 Å². The summed E-state index contributed by atoms with van der Waals surface area (Å²) < 4.78 is 0. The number of nitrogens with two attached hydrogens (primary N) is 1. The Morgan fingerprint density at radius 1 is 1.47 bits per heavy atom. The van der Waals surface area contributed by atoms with Crippen LogP contribution >= 0.6 is 11.3 Å². The van der Waals surface area contributed by atoms with Crippen molar-refractivity contribution in [3.05, 3.63) is 16.1 Å². The topological polar surface area (TPSA) is 50.9 Å². The molecular formula is C15H27N3S. The average Bonchev–Trinajstić information content (AvgIpc) is 2.83. The highest BCUT2D eigenvalue weighted by atomic mass is 32.1. The van der Waals surface area contributed by atoms with Crippen LogP contribution in [-0.4, -0.2) is 24.6 Å². The van der Waals surface area contributed by atoms with Crippen molar-refractivity contribution in [1.82, 2.24) is 10.3 Å². The lowest BCUT2D eigenvalue weighted by molar-refractivity contribution is 0.160. The van der Waals surface area contributed by atoms with Crippen molar-refractivity contribution in [3.63, 3.8) is 0 Å². The van der Waals surface area contributed by atoms with E-state index in [4.69, 9.17) is 5.73 Å². The molecule has 0 bridgehead atoms. The maximum Gasteiger partial charge on any atom is 0.0897 e. The zero-order valence-corrected chi connectivity index (χ0v) is 13.1. The van der Waals surface area contributed by atoms with E-state index in [0.717, 1.165) is 37.0 Å². The highest BCUT2D eigenvalue weighted by Gasteiger charge is 2.32. The van der Waals surface area contributed by atoms with Crippen LogP contribution in [0.4, 0.5) is 0 Å². The van der Waals surface area contributed by atoms with Crippen LogP contribution in [0.25, 0.3) is 0 Å². The Morgan fingerprint density at radius 2 is 2.21 bits per heavy atom. The minimum absolute atomic E-state index is 0.352. The molecule has 4 heteroatoms. The van der Waals surface area contributed by atoms with Gasteiger partial charge in [-0.2, -0.15) is 0 Å². The highest BCUT2D eigenvalue weighted by molar-refractivity contribution is 7.09. The van der Waals surface area contributed by atoms with Crippen molar-refractivity contribution in [2.45, 2.75) is 46.0 Å².